The van der Waals surface area contributed by atoms with E-state index in [1.54, 1.807) is 0 Å². The van der Waals surface area contributed by atoms with Gasteiger partial charge in [-0.05, 0) is 68.9 Å². The number of likely N-dealkylation sites (tertiary alicyclic amines) is 1. The van der Waals surface area contributed by atoms with Crippen LogP contribution < -0.4 is 10.1 Å². The van der Waals surface area contributed by atoms with E-state index in [2.05, 4.69) is 36.2 Å². The summed E-state index contributed by atoms with van der Waals surface area (Å²) in [6.45, 7) is 10.6. The topological polar surface area (TPSA) is 41.6 Å². The van der Waals surface area contributed by atoms with Gasteiger partial charge < -0.3 is 15.0 Å². The van der Waals surface area contributed by atoms with Gasteiger partial charge in [0.25, 0.3) is 5.91 Å². The van der Waals surface area contributed by atoms with Gasteiger partial charge in [-0.2, -0.15) is 0 Å². The summed E-state index contributed by atoms with van der Waals surface area (Å²) in [5.74, 6) is 1.17. The molecule has 1 aromatic carbocycles. The van der Waals surface area contributed by atoms with Gasteiger partial charge in [-0.1, -0.05) is 26.0 Å². The summed E-state index contributed by atoms with van der Waals surface area (Å²) in [6.07, 6.45) is 3.64. The number of benzene rings is 1. The zero-order valence-electron chi connectivity index (χ0n) is 14.7. The largest absolute Gasteiger partial charge is 0.483 e. The fraction of sp³-hybridized carbons (Fsp3) is 0.632. The molecule has 1 heterocycles. The molecule has 1 aliphatic rings. The monoisotopic (exact) mass is 318 g/mol. The standard InChI is InChI=1S/C19H30N2O2/c1-15(2)17-8-7-16(3)13-18(17)23-14-19(22)20-9-6-12-21-10-4-5-11-21/h7-8,13,15H,4-6,9-12,14H2,1-3H3,(H,20,22). The Morgan fingerprint density at radius 2 is 2.04 bits per heavy atom. The zero-order valence-corrected chi connectivity index (χ0v) is 14.7. The molecule has 0 aliphatic carbocycles. The molecule has 23 heavy (non-hydrogen) atoms. The quantitative estimate of drug-likeness (QED) is 0.749. The van der Waals surface area contributed by atoms with Crippen LogP contribution in [0.5, 0.6) is 5.75 Å². The summed E-state index contributed by atoms with van der Waals surface area (Å²) in [5, 5.41) is 2.95. The van der Waals surface area contributed by atoms with Gasteiger partial charge in [0.05, 0.1) is 0 Å². The predicted molar refractivity (Wildman–Crippen MR) is 94.1 cm³/mol. The van der Waals surface area contributed by atoms with Crippen LogP contribution >= 0.6 is 0 Å². The number of carbonyl (C=O) groups excluding carboxylic acids is 1. The Labute approximate surface area is 140 Å². The Bertz CT molecular complexity index is 508. The summed E-state index contributed by atoms with van der Waals surface area (Å²) in [7, 11) is 0. The number of hydrogen-bond donors (Lipinski definition) is 1. The molecule has 1 fully saturated rings. The first-order chi connectivity index (χ1) is 11.1. The van der Waals surface area contributed by atoms with Crippen LogP contribution in [0.15, 0.2) is 18.2 Å². The van der Waals surface area contributed by atoms with E-state index in [1.165, 1.54) is 25.9 Å². The Morgan fingerprint density at radius 1 is 1.30 bits per heavy atom. The maximum atomic E-state index is 11.9. The fourth-order valence-corrected chi connectivity index (χ4v) is 2.97. The fourth-order valence-electron chi connectivity index (χ4n) is 2.97. The Balaban J connectivity index is 1.70. The van der Waals surface area contributed by atoms with Crippen molar-refractivity contribution in [2.24, 2.45) is 0 Å². The maximum absolute atomic E-state index is 11.9. The third-order valence-corrected chi connectivity index (χ3v) is 4.32. The van der Waals surface area contributed by atoms with Crippen molar-refractivity contribution in [2.45, 2.75) is 46.0 Å². The summed E-state index contributed by atoms with van der Waals surface area (Å²) in [6, 6.07) is 6.18. The SMILES string of the molecule is Cc1ccc(C(C)C)c(OCC(=O)NCCCN2CCCC2)c1. The molecule has 0 saturated carbocycles. The average Bonchev–Trinajstić information content (AvgIpc) is 3.02. The minimum Gasteiger partial charge on any atom is -0.483 e. The van der Waals surface area contributed by atoms with Crippen LogP contribution in [0.1, 0.15) is 50.2 Å². The highest BCUT2D eigenvalue weighted by molar-refractivity contribution is 5.77. The Hall–Kier alpha value is -1.55. The predicted octanol–water partition coefficient (Wildman–Crippen LogP) is 3.10. The first kappa shape index (κ1) is 17.8. The van der Waals surface area contributed by atoms with Crippen molar-refractivity contribution in [1.82, 2.24) is 10.2 Å². The highest BCUT2D eigenvalue weighted by Gasteiger charge is 2.12. The van der Waals surface area contributed by atoms with E-state index in [1.807, 2.05) is 13.0 Å². The normalized spacial score (nSPS) is 15.1. The lowest BCUT2D eigenvalue weighted by Gasteiger charge is -2.16. The number of carbonyl (C=O) groups is 1. The molecule has 1 aromatic rings. The number of hydrogen-bond acceptors (Lipinski definition) is 3. The second kappa shape index (κ2) is 8.92. The highest BCUT2D eigenvalue weighted by atomic mass is 16.5. The first-order valence-corrected chi connectivity index (χ1v) is 8.78. The number of amides is 1. The Morgan fingerprint density at radius 3 is 2.74 bits per heavy atom. The zero-order chi connectivity index (χ0) is 16.7. The van der Waals surface area contributed by atoms with E-state index in [0.717, 1.165) is 36.4 Å². The van der Waals surface area contributed by atoms with Crippen molar-refractivity contribution in [3.05, 3.63) is 29.3 Å². The average molecular weight is 318 g/mol. The summed E-state index contributed by atoms with van der Waals surface area (Å²) < 4.78 is 5.75. The molecule has 2 rings (SSSR count). The molecule has 4 nitrogen and oxygen atoms in total. The first-order valence-electron chi connectivity index (χ1n) is 8.78. The summed E-state index contributed by atoms with van der Waals surface area (Å²) in [5.41, 5.74) is 2.30. The summed E-state index contributed by atoms with van der Waals surface area (Å²) >= 11 is 0. The van der Waals surface area contributed by atoms with Crippen LogP contribution in [0.4, 0.5) is 0 Å². The number of rotatable bonds is 8. The Kier molecular flexibility index (Phi) is 6.90. The van der Waals surface area contributed by atoms with Crippen molar-refractivity contribution in [3.8, 4) is 5.75 Å². The van der Waals surface area contributed by atoms with E-state index >= 15 is 0 Å². The molecular formula is C19H30N2O2. The lowest BCUT2D eigenvalue weighted by atomic mass is 10.0. The molecule has 1 saturated heterocycles. The molecule has 0 aromatic heterocycles. The highest BCUT2D eigenvalue weighted by Crippen LogP contribution is 2.27. The molecule has 0 radical (unpaired) electrons. The molecule has 4 heteroatoms. The van der Waals surface area contributed by atoms with Gasteiger partial charge in [0, 0.05) is 6.54 Å². The van der Waals surface area contributed by atoms with Crippen LogP contribution in [0.2, 0.25) is 0 Å². The second-order valence-electron chi connectivity index (χ2n) is 6.74. The molecule has 0 bridgehead atoms. The molecule has 1 aliphatic heterocycles. The van der Waals surface area contributed by atoms with Crippen molar-refractivity contribution < 1.29 is 9.53 Å². The van der Waals surface area contributed by atoms with Gasteiger partial charge in [-0.15, -0.1) is 0 Å². The van der Waals surface area contributed by atoms with Gasteiger partial charge in [0.15, 0.2) is 6.61 Å². The third-order valence-electron chi connectivity index (χ3n) is 4.32. The lowest BCUT2D eigenvalue weighted by Crippen LogP contribution is -2.32. The number of nitrogens with zero attached hydrogens (tertiary/aromatic N) is 1. The van der Waals surface area contributed by atoms with Crippen LogP contribution in [0.25, 0.3) is 0 Å². The van der Waals surface area contributed by atoms with E-state index < -0.39 is 0 Å². The molecule has 0 spiro atoms. The van der Waals surface area contributed by atoms with Crippen molar-refractivity contribution >= 4 is 5.91 Å². The van der Waals surface area contributed by atoms with Crippen LogP contribution in [-0.2, 0) is 4.79 Å². The molecule has 0 unspecified atom stereocenters. The van der Waals surface area contributed by atoms with Crippen molar-refractivity contribution in [1.29, 1.82) is 0 Å². The molecule has 0 atom stereocenters. The molecule has 1 N–H and O–H groups in total. The van der Waals surface area contributed by atoms with Crippen LogP contribution in [0.3, 0.4) is 0 Å². The maximum Gasteiger partial charge on any atom is 0.257 e. The van der Waals surface area contributed by atoms with E-state index in [0.29, 0.717) is 5.92 Å². The number of nitrogens with one attached hydrogen (secondary N) is 1. The van der Waals surface area contributed by atoms with E-state index in [4.69, 9.17) is 4.74 Å². The van der Waals surface area contributed by atoms with Gasteiger partial charge in [-0.25, -0.2) is 0 Å². The number of aryl methyl sites for hydroxylation is 1. The van der Waals surface area contributed by atoms with Crippen LogP contribution in [0, 0.1) is 6.92 Å². The molecule has 1 amide bonds. The van der Waals surface area contributed by atoms with E-state index in [9.17, 15) is 4.79 Å². The van der Waals surface area contributed by atoms with Gasteiger partial charge in [0.2, 0.25) is 0 Å². The molecular weight excluding hydrogens is 288 g/mol. The van der Waals surface area contributed by atoms with Crippen molar-refractivity contribution in [2.75, 3.05) is 32.8 Å². The smallest absolute Gasteiger partial charge is 0.257 e. The minimum absolute atomic E-state index is 0.0392. The minimum atomic E-state index is -0.0392. The number of ether oxygens (including phenoxy) is 1. The van der Waals surface area contributed by atoms with Gasteiger partial charge >= 0.3 is 0 Å². The van der Waals surface area contributed by atoms with Gasteiger partial charge in [-0.3, -0.25) is 4.79 Å². The molecule has 128 valence electrons. The lowest BCUT2D eigenvalue weighted by molar-refractivity contribution is -0.123. The van der Waals surface area contributed by atoms with Crippen LogP contribution in [-0.4, -0.2) is 43.6 Å². The third kappa shape index (κ3) is 5.87. The van der Waals surface area contributed by atoms with Gasteiger partial charge in [0.1, 0.15) is 5.75 Å². The van der Waals surface area contributed by atoms with Crippen molar-refractivity contribution in [3.63, 3.8) is 0 Å². The second-order valence-corrected chi connectivity index (χ2v) is 6.74. The summed E-state index contributed by atoms with van der Waals surface area (Å²) in [4.78, 5) is 14.4. The van der Waals surface area contributed by atoms with E-state index in [-0.39, 0.29) is 12.5 Å².